The van der Waals surface area contributed by atoms with Crippen LogP contribution < -0.4 is 20.3 Å². The second kappa shape index (κ2) is 12.2. The summed E-state index contributed by atoms with van der Waals surface area (Å²) in [5.41, 5.74) is 1.00. The van der Waals surface area contributed by atoms with Crippen LogP contribution >= 0.6 is 35.3 Å². The Labute approximate surface area is 197 Å². The number of rotatable bonds is 7. The first-order valence-corrected chi connectivity index (χ1v) is 10.5. The molecule has 1 fully saturated rings. The zero-order valence-electron chi connectivity index (χ0n) is 17.1. The highest BCUT2D eigenvalue weighted by Gasteiger charge is 2.21. The van der Waals surface area contributed by atoms with Crippen LogP contribution in [0.1, 0.15) is 22.7 Å². The fourth-order valence-corrected chi connectivity index (χ4v) is 4.15. The lowest BCUT2D eigenvalue weighted by Crippen LogP contribution is -2.51. The number of ether oxygens (including phenoxy) is 1. The maximum absolute atomic E-state index is 12.3. The molecule has 10 heteroatoms. The molecule has 1 atom stereocenters. The zero-order chi connectivity index (χ0) is 20.6. The first kappa shape index (κ1) is 24.6. The molecule has 6 nitrogen and oxygen atoms in total. The molecular weight excluding hydrogens is 523 g/mol. The minimum absolute atomic E-state index is 0. The number of hydrogen-bond acceptors (Lipinski definition) is 5. The monoisotopic (exact) mass is 551 g/mol. The van der Waals surface area contributed by atoms with E-state index in [1.54, 1.807) is 30.5 Å². The lowest BCUT2D eigenvalue weighted by Gasteiger charge is -2.35. The minimum Gasteiger partial charge on any atom is -0.435 e. The molecule has 1 unspecified atom stereocenters. The average molecular weight is 551 g/mol. The number of nitrogens with zero attached hydrogens (tertiary/aromatic N) is 3. The van der Waals surface area contributed by atoms with Crippen LogP contribution in [0.3, 0.4) is 0 Å². The fourth-order valence-electron chi connectivity index (χ4n) is 3.36. The molecule has 1 aliphatic heterocycles. The van der Waals surface area contributed by atoms with Gasteiger partial charge in [-0.2, -0.15) is 8.78 Å². The predicted molar refractivity (Wildman–Crippen MR) is 129 cm³/mol. The number of hydrogen-bond donors (Lipinski definition) is 2. The number of alkyl halides is 2. The number of piperidine rings is 1. The Morgan fingerprint density at radius 3 is 2.77 bits per heavy atom. The minimum atomic E-state index is -2.80. The molecule has 2 aromatic rings. The van der Waals surface area contributed by atoms with Crippen molar-refractivity contribution in [3.05, 3.63) is 40.3 Å². The van der Waals surface area contributed by atoms with Gasteiger partial charge in [-0.3, -0.25) is 4.99 Å². The van der Waals surface area contributed by atoms with Crippen molar-refractivity contribution in [2.24, 2.45) is 4.99 Å². The van der Waals surface area contributed by atoms with E-state index in [0.29, 0.717) is 0 Å². The van der Waals surface area contributed by atoms with E-state index < -0.39 is 6.61 Å². The highest BCUT2D eigenvalue weighted by molar-refractivity contribution is 14.0. The van der Waals surface area contributed by atoms with Crippen molar-refractivity contribution in [3.8, 4) is 5.75 Å². The van der Waals surface area contributed by atoms with Crippen molar-refractivity contribution in [1.82, 2.24) is 15.6 Å². The van der Waals surface area contributed by atoms with Crippen molar-refractivity contribution < 1.29 is 13.5 Å². The number of benzene rings is 1. The van der Waals surface area contributed by atoms with Crippen LogP contribution in [0.4, 0.5) is 14.5 Å². The summed E-state index contributed by atoms with van der Waals surface area (Å²) < 4.78 is 29.0. The van der Waals surface area contributed by atoms with Gasteiger partial charge in [0.05, 0.1) is 5.01 Å². The van der Waals surface area contributed by atoms with E-state index in [-0.39, 0.29) is 35.8 Å². The third-order valence-electron chi connectivity index (χ3n) is 4.71. The summed E-state index contributed by atoms with van der Waals surface area (Å²) in [7, 11) is 1.77. The van der Waals surface area contributed by atoms with E-state index in [4.69, 9.17) is 0 Å². The normalized spacial score (nSPS) is 16.9. The van der Waals surface area contributed by atoms with E-state index >= 15 is 0 Å². The molecule has 1 aliphatic rings. The first-order chi connectivity index (χ1) is 14.0. The Hall–Kier alpha value is -1.69. The summed E-state index contributed by atoms with van der Waals surface area (Å²) in [6.07, 6.45) is 4.86. The second-order valence-electron chi connectivity index (χ2n) is 6.92. The number of halogens is 3. The number of aryl methyl sites for hydroxylation is 1. The third-order valence-corrected chi connectivity index (χ3v) is 5.69. The van der Waals surface area contributed by atoms with Gasteiger partial charge >= 0.3 is 6.61 Å². The number of aromatic nitrogens is 1. The summed E-state index contributed by atoms with van der Waals surface area (Å²) in [5.74, 6) is 0.960. The molecule has 0 bridgehead atoms. The number of aliphatic imine (C=N–C) groups is 1. The highest BCUT2D eigenvalue weighted by Crippen LogP contribution is 2.23. The van der Waals surface area contributed by atoms with Crippen LogP contribution in [-0.4, -0.2) is 50.3 Å². The van der Waals surface area contributed by atoms with Gasteiger partial charge in [0.25, 0.3) is 0 Å². The molecule has 0 amide bonds. The number of guanidine groups is 1. The summed E-state index contributed by atoms with van der Waals surface area (Å²) in [4.78, 5) is 12.2. The van der Waals surface area contributed by atoms with Gasteiger partial charge in [0.2, 0.25) is 0 Å². The zero-order valence-corrected chi connectivity index (χ0v) is 20.3. The lowest BCUT2D eigenvalue weighted by molar-refractivity contribution is -0.0498. The van der Waals surface area contributed by atoms with Gasteiger partial charge in [-0.1, -0.05) is 0 Å². The van der Waals surface area contributed by atoms with Crippen LogP contribution in [-0.2, 0) is 6.42 Å². The SMILES string of the molecule is CN=C(NCCc1ncc(C)s1)NC1CCCN(c2ccc(OC(F)F)cc2)C1.I. The quantitative estimate of drug-likeness (QED) is 0.309. The van der Waals surface area contributed by atoms with E-state index in [0.717, 1.165) is 55.6 Å². The summed E-state index contributed by atoms with van der Waals surface area (Å²) >= 11 is 1.72. The molecule has 2 heterocycles. The van der Waals surface area contributed by atoms with Crippen LogP contribution in [0.25, 0.3) is 0 Å². The Kier molecular flexibility index (Phi) is 10.0. The Balaban J connectivity index is 0.00000320. The van der Waals surface area contributed by atoms with Crippen molar-refractivity contribution >= 4 is 47.0 Å². The first-order valence-electron chi connectivity index (χ1n) is 9.72. The maximum Gasteiger partial charge on any atom is 0.387 e. The molecule has 1 saturated heterocycles. The second-order valence-corrected chi connectivity index (χ2v) is 8.23. The van der Waals surface area contributed by atoms with E-state index in [1.807, 2.05) is 18.3 Å². The van der Waals surface area contributed by atoms with Gasteiger partial charge < -0.3 is 20.3 Å². The van der Waals surface area contributed by atoms with Crippen LogP contribution in [0.5, 0.6) is 5.75 Å². The van der Waals surface area contributed by atoms with Crippen molar-refractivity contribution in [1.29, 1.82) is 0 Å². The average Bonchev–Trinajstić information content (AvgIpc) is 3.12. The number of thiazole rings is 1. The summed E-state index contributed by atoms with van der Waals surface area (Å²) in [6, 6.07) is 7.07. The largest absolute Gasteiger partial charge is 0.435 e. The van der Waals surface area contributed by atoms with Gasteiger partial charge in [-0.15, -0.1) is 35.3 Å². The maximum atomic E-state index is 12.3. The fraction of sp³-hybridized carbons (Fsp3) is 0.500. The van der Waals surface area contributed by atoms with Crippen LogP contribution in [0.2, 0.25) is 0 Å². The predicted octanol–water partition coefficient (Wildman–Crippen LogP) is 4.05. The lowest BCUT2D eigenvalue weighted by atomic mass is 10.0. The van der Waals surface area contributed by atoms with Gasteiger partial charge in [0.15, 0.2) is 5.96 Å². The molecule has 1 aromatic carbocycles. The van der Waals surface area contributed by atoms with Gasteiger partial charge in [0.1, 0.15) is 5.75 Å². The van der Waals surface area contributed by atoms with E-state index in [1.165, 1.54) is 4.88 Å². The molecule has 166 valence electrons. The molecule has 0 radical (unpaired) electrons. The number of anilines is 1. The highest BCUT2D eigenvalue weighted by atomic mass is 127. The van der Waals surface area contributed by atoms with Crippen molar-refractivity contribution in [2.75, 3.05) is 31.6 Å². The molecule has 0 saturated carbocycles. The topological polar surface area (TPSA) is 61.8 Å². The summed E-state index contributed by atoms with van der Waals surface area (Å²) in [6.45, 7) is 1.78. The van der Waals surface area contributed by atoms with Crippen LogP contribution in [0.15, 0.2) is 35.5 Å². The molecular formula is C20H28F2IN5OS. The van der Waals surface area contributed by atoms with Crippen molar-refractivity contribution in [2.45, 2.75) is 38.8 Å². The molecule has 0 spiro atoms. The Morgan fingerprint density at radius 2 is 2.13 bits per heavy atom. The Bertz CT molecular complexity index is 803. The standard InChI is InChI=1S/C20H27F2N5OS.HI/c1-14-12-25-18(29-14)9-10-24-20(23-2)26-15-4-3-11-27(13-15)16-5-7-17(8-6-16)28-19(21)22;/h5-8,12,15,19H,3-4,9-11,13H2,1-2H3,(H2,23,24,26);1H. The van der Waals surface area contributed by atoms with Crippen LogP contribution in [0, 0.1) is 6.92 Å². The molecule has 30 heavy (non-hydrogen) atoms. The Morgan fingerprint density at radius 1 is 1.37 bits per heavy atom. The number of nitrogens with one attached hydrogen (secondary N) is 2. The van der Waals surface area contributed by atoms with Crippen molar-refractivity contribution in [3.63, 3.8) is 0 Å². The van der Waals surface area contributed by atoms with Gasteiger partial charge in [-0.05, 0) is 44.0 Å². The van der Waals surface area contributed by atoms with E-state index in [9.17, 15) is 8.78 Å². The van der Waals surface area contributed by atoms with E-state index in [2.05, 4.69) is 37.2 Å². The molecule has 1 aromatic heterocycles. The molecule has 0 aliphatic carbocycles. The smallest absolute Gasteiger partial charge is 0.387 e. The van der Waals surface area contributed by atoms with Gasteiger partial charge in [0, 0.05) is 55.9 Å². The third kappa shape index (κ3) is 7.53. The van der Waals surface area contributed by atoms with Gasteiger partial charge in [-0.25, -0.2) is 4.98 Å². The molecule has 3 rings (SSSR count). The molecule has 2 N–H and O–H groups in total. The summed E-state index contributed by atoms with van der Waals surface area (Å²) in [5, 5.41) is 7.96.